The second-order valence-electron chi connectivity index (χ2n) is 7.93. The number of likely N-dealkylation sites (tertiary alicyclic amines) is 1. The van der Waals surface area contributed by atoms with E-state index in [-0.39, 0.29) is 36.5 Å². The fourth-order valence-corrected chi connectivity index (χ4v) is 4.30. The monoisotopic (exact) mass is 395 g/mol. The fraction of sp³-hybridized carbons (Fsp3) is 0.391. The van der Waals surface area contributed by atoms with Gasteiger partial charge in [-0.1, -0.05) is 42.5 Å². The molecular weight excluding hydrogens is 369 g/mol. The Hall–Kier alpha value is -2.73. The van der Waals surface area contributed by atoms with Crippen LogP contribution in [-0.4, -0.2) is 42.4 Å². The van der Waals surface area contributed by atoms with Crippen molar-refractivity contribution in [1.82, 2.24) is 10.2 Å². The fourth-order valence-electron chi connectivity index (χ4n) is 4.30. The molecule has 29 heavy (non-hydrogen) atoms. The number of amides is 2. The number of nitrogens with zero attached hydrogens (tertiary/aromatic N) is 2. The first kappa shape index (κ1) is 19.6. The van der Waals surface area contributed by atoms with E-state index >= 15 is 0 Å². The highest BCUT2D eigenvalue weighted by Crippen LogP contribution is 2.28. The van der Waals surface area contributed by atoms with Gasteiger partial charge in [0.15, 0.2) is 0 Å². The Morgan fingerprint density at radius 1 is 1.10 bits per heavy atom. The molecule has 0 bridgehead atoms. The topological polar surface area (TPSA) is 52.7 Å². The smallest absolute Gasteiger partial charge is 0.227 e. The summed E-state index contributed by atoms with van der Waals surface area (Å²) in [4.78, 5) is 28.9. The zero-order valence-electron chi connectivity index (χ0n) is 16.6. The number of halogens is 1. The van der Waals surface area contributed by atoms with Crippen LogP contribution in [0.4, 0.5) is 10.1 Å². The Kier molecular flexibility index (Phi) is 5.62. The number of anilines is 1. The van der Waals surface area contributed by atoms with Gasteiger partial charge in [0.25, 0.3) is 0 Å². The average molecular weight is 395 g/mol. The molecule has 152 valence electrons. The van der Waals surface area contributed by atoms with Gasteiger partial charge < -0.3 is 10.2 Å². The summed E-state index contributed by atoms with van der Waals surface area (Å²) in [6.07, 6.45) is 1.01. The van der Waals surface area contributed by atoms with E-state index in [1.54, 1.807) is 18.2 Å². The lowest BCUT2D eigenvalue weighted by atomic mass is 10.1. The molecular formula is C23H26FN3O2. The van der Waals surface area contributed by atoms with E-state index in [1.807, 2.05) is 18.2 Å². The highest BCUT2D eigenvalue weighted by molar-refractivity contribution is 6.00. The molecule has 3 atom stereocenters. The number of nitrogens with one attached hydrogen (secondary N) is 1. The van der Waals surface area contributed by atoms with Crippen LogP contribution in [0.1, 0.15) is 31.4 Å². The molecule has 2 saturated heterocycles. The van der Waals surface area contributed by atoms with Crippen molar-refractivity contribution in [3.8, 4) is 0 Å². The lowest BCUT2D eigenvalue weighted by Crippen LogP contribution is -2.41. The third-order valence-corrected chi connectivity index (χ3v) is 6.03. The van der Waals surface area contributed by atoms with E-state index in [1.165, 1.54) is 16.5 Å². The zero-order chi connectivity index (χ0) is 20.4. The highest BCUT2D eigenvalue weighted by Gasteiger charge is 2.37. The van der Waals surface area contributed by atoms with Crippen LogP contribution in [0, 0.1) is 11.7 Å². The molecule has 2 fully saturated rings. The van der Waals surface area contributed by atoms with Gasteiger partial charge in [0, 0.05) is 38.1 Å². The Morgan fingerprint density at radius 2 is 1.83 bits per heavy atom. The Bertz CT molecular complexity index is 889. The Balaban J connectivity index is 1.33. The molecule has 0 radical (unpaired) electrons. The maximum Gasteiger partial charge on any atom is 0.227 e. The summed E-state index contributed by atoms with van der Waals surface area (Å²) in [5.41, 5.74) is 1.51. The number of benzene rings is 2. The third kappa shape index (κ3) is 4.17. The van der Waals surface area contributed by atoms with E-state index in [4.69, 9.17) is 0 Å². The van der Waals surface area contributed by atoms with E-state index < -0.39 is 11.7 Å². The van der Waals surface area contributed by atoms with Crippen molar-refractivity contribution >= 4 is 17.5 Å². The van der Waals surface area contributed by atoms with Gasteiger partial charge in [-0.15, -0.1) is 0 Å². The van der Waals surface area contributed by atoms with Gasteiger partial charge in [-0.3, -0.25) is 14.5 Å². The van der Waals surface area contributed by atoms with E-state index in [0.29, 0.717) is 6.04 Å². The molecule has 2 aliphatic rings. The zero-order valence-corrected chi connectivity index (χ0v) is 16.6. The van der Waals surface area contributed by atoms with Crippen LogP contribution < -0.4 is 10.2 Å². The number of hydrogen-bond donors (Lipinski definition) is 1. The van der Waals surface area contributed by atoms with Crippen molar-refractivity contribution in [3.05, 3.63) is 66.0 Å². The largest absolute Gasteiger partial charge is 0.352 e. The first-order chi connectivity index (χ1) is 14.0. The van der Waals surface area contributed by atoms with Crippen LogP contribution in [0.25, 0.3) is 0 Å². The number of para-hydroxylation sites is 1. The molecule has 2 aromatic carbocycles. The van der Waals surface area contributed by atoms with Crippen molar-refractivity contribution in [3.63, 3.8) is 0 Å². The van der Waals surface area contributed by atoms with Gasteiger partial charge in [-0.2, -0.15) is 0 Å². The normalized spacial score (nSPS) is 23.4. The van der Waals surface area contributed by atoms with Crippen LogP contribution in [-0.2, 0) is 9.59 Å². The SMILES string of the molecule is CC(c1ccccc1)N1CCC(NC(=O)C2CC(=O)N(c3ccccc3F)C2)C1. The average Bonchev–Trinajstić information content (AvgIpc) is 3.35. The number of hydrogen-bond acceptors (Lipinski definition) is 3. The molecule has 0 aromatic heterocycles. The molecule has 6 heteroatoms. The minimum Gasteiger partial charge on any atom is -0.352 e. The van der Waals surface area contributed by atoms with Crippen molar-refractivity contribution in [2.75, 3.05) is 24.5 Å². The molecule has 2 aromatic rings. The van der Waals surface area contributed by atoms with Gasteiger partial charge in [-0.25, -0.2) is 4.39 Å². The Labute approximate surface area is 170 Å². The summed E-state index contributed by atoms with van der Waals surface area (Å²) >= 11 is 0. The minimum absolute atomic E-state index is 0.0753. The van der Waals surface area contributed by atoms with Crippen molar-refractivity contribution in [2.24, 2.45) is 5.92 Å². The summed E-state index contributed by atoms with van der Waals surface area (Å²) in [5, 5.41) is 3.11. The summed E-state index contributed by atoms with van der Waals surface area (Å²) in [7, 11) is 0. The van der Waals surface area contributed by atoms with Gasteiger partial charge in [0.05, 0.1) is 11.6 Å². The quantitative estimate of drug-likeness (QED) is 0.846. The van der Waals surface area contributed by atoms with Crippen molar-refractivity contribution in [2.45, 2.75) is 31.8 Å². The molecule has 4 rings (SSSR count). The predicted octanol–water partition coefficient (Wildman–Crippen LogP) is 3.13. The third-order valence-electron chi connectivity index (χ3n) is 6.03. The first-order valence-electron chi connectivity index (χ1n) is 10.2. The van der Waals surface area contributed by atoms with Gasteiger partial charge in [0.2, 0.25) is 11.8 Å². The van der Waals surface area contributed by atoms with Gasteiger partial charge in [-0.05, 0) is 31.0 Å². The first-order valence-corrected chi connectivity index (χ1v) is 10.2. The van der Waals surface area contributed by atoms with Gasteiger partial charge >= 0.3 is 0 Å². The maximum absolute atomic E-state index is 14.0. The van der Waals surface area contributed by atoms with Crippen molar-refractivity contribution < 1.29 is 14.0 Å². The van der Waals surface area contributed by atoms with Gasteiger partial charge in [0.1, 0.15) is 5.82 Å². The lowest BCUT2D eigenvalue weighted by Gasteiger charge is -2.25. The Morgan fingerprint density at radius 3 is 2.59 bits per heavy atom. The lowest BCUT2D eigenvalue weighted by molar-refractivity contribution is -0.126. The number of carbonyl (C=O) groups is 2. The van der Waals surface area contributed by atoms with Crippen molar-refractivity contribution in [1.29, 1.82) is 0 Å². The molecule has 0 aliphatic carbocycles. The van der Waals surface area contributed by atoms with Crippen LogP contribution in [0.15, 0.2) is 54.6 Å². The van der Waals surface area contributed by atoms with E-state index in [0.717, 1.165) is 19.5 Å². The number of rotatable bonds is 5. The van der Waals surface area contributed by atoms with Crippen LogP contribution in [0.2, 0.25) is 0 Å². The summed E-state index contributed by atoms with van der Waals surface area (Å²) in [6.45, 7) is 4.12. The number of carbonyl (C=O) groups excluding carboxylic acids is 2. The molecule has 3 unspecified atom stereocenters. The molecule has 1 N–H and O–H groups in total. The highest BCUT2D eigenvalue weighted by atomic mass is 19.1. The van der Waals surface area contributed by atoms with Crippen LogP contribution in [0.5, 0.6) is 0 Å². The molecule has 0 saturated carbocycles. The molecule has 2 amide bonds. The van der Waals surface area contributed by atoms with E-state index in [9.17, 15) is 14.0 Å². The minimum atomic E-state index is -0.442. The summed E-state index contributed by atoms with van der Waals surface area (Å²) in [5.74, 6) is -1.21. The maximum atomic E-state index is 14.0. The summed E-state index contributed by atoms with van der Waals surface area (Å²) < 4.78 is 14.0. The molecule has 2 aliphatic heterocycles. The second kappa shape index (κ2) is 8.33. The molecule has 5 nitrogen and oxygen atoms in total. The van der Waals surface area contributed by atoms with E-state index in [2.05, 4.69) is 29.3 Å². The van der Waals surface area contributed by atoms with Crippen LogP contribution >= 0.6 is 0 Å². The second-order valence-corrected chi connectivity index (χ2v) is 7.93. The molecule has 0 spiro atoms. The van der Waals surface area contributed by atoms with Crippen LogP contribution in [0.3, 0.4) is 0 Å². The standard InChI is InChI=1S/C23H26FN3O2/c1-16(17-7-3-2-4-8-17)26-12-11-19(15-26)25-23(29)18-13-22(28)27(14-18)21-10-6-5-9-20(21)24/h2-10,16,18-19H,11-15H2,1H3,(H,25,29). The predicted molar refractivity (Wildman–Crippen MR) is 110 cm³/mol. The summed E-state index contributed by atoms with van der Waals surface area (Å²) in [6, 6.07) is 16.9. The molecule has 2 heterocycles.